The number of ether oxygens (including phenoxy) is 1. The highest BCUT2D eigenvalue weighted by Gasteiger charge is 2.26. The lowest BCUT2D eigenvalue weighted by atomic mass is 9.95. The van der Waals surface area contributed by atoms with Gasteiger partial charge in [-0.1, -0.05) is 0 Å². The van der Waals surface area contributed by atoms with Crippen molar-refractivity contribution in [3.05, 3.63) is 24.3 Å². The van der Waals surface area contributed by atoms with Gasteiger partial charge in [0.1, 0.15) is 0 Å². The molecule has 1 unspecified atom stereocenters. The molecule has 0 aliphatic carbocycles. The summed E-state index contributed by atoms with van der Waals surface area (Å²) in [5, 5.41) is 3.49. The van der Waals surface area contributed by atoms with E-state index in [-0.39, 0.29) is 5.54 Å². The van der Waals surface area contributed by atoms with Crippen LogP contribution in [-0.2, 0) is 11.3 Å². The number of nitrogens with zero attached hydrogens (tertiary/aromatic N) is 2. The Kier molecular flexibility index (Phi) is 3.28. The first kappa shape index (κ1) is 10.5. The summed E-state index contributed by atoms with van der Waals surface area (Å²) in [5.74, 6) is 0. The van der Waals surface area contributed by atoms with Crippen molar-refractivity contribution >= 4 is 0 Å². The van der Waals surface area contributed by atoms with Crippen LogP contribution >= 0.6 is 0 Å². The zero-order valence-corrected chi connectivity index (χ0v) is 9.07. The smallest absolute Gasteiger partial charge is 0.0724 e. The average molecular weight is 207 g/mol. The highest BCUT2D eigenvalue weighted by molar-refractivity contribution is 4.96. The van der Waals surface area contributed by atoms with E-state index in [9.17, 15) is 0 Å². The molecule has 2 rings (SSSR count). The number of hydrogen-bond donors (Lipinski definition) is 1. The van der Waals surface area contributed by atoms with Crippen molar-refractivity contribution in [2.24, 2.45) is 0 Å². The maximum absolute atomic E-state index is 5.47. The Bertz CT molecular complexity index is 296. The topological polar surface area (TPSA) is 47.0 Å². The minimum Gasteiger partial charge on any atom is -0.380 e. The van der Waals surface area contributed by atoms with Gasteiger partial charge in [0.05, 0.1) is 12.3 Å². The van der Waals surface area contributed by atoms with Gasteiger partial charge in [-0.2, -0.15) is 0 Å². The third kappa shape index (κ3) is 2.97. The van der Waals surface area contributed by atoms with Crippen LogP contribution in [0.3, 0.4) is 0 Å². The van der Waals surface area contributed by atoms with Crippen molar-refractivity contribution in [2.45, 2.75) is 31.8 Å². The second-order valence-corrected chi connectivity index (χ2v) is 4.27. The second-order valence-electron chi connectivity index (χ2n) is 4.27. The number of aromatic nitrogens is 2. The maximum Gasteiger partial charge on any atom is 0.0724 e. The van der Waals surface area contributed by atoms with Gasteiger partial charge >= 0.3 is 0 Å². The lowest BCUT2D eigenvalue weighted by Gasteiger charge is -2.34. The fourth-order valence-electron chi connectivity index (χ4n) is 1.80. The molecule has 0 bridgehead atoms. The van der Waals surface area contributed by atoms with Gasteiger partial charge in [0, 0.05) is 37.3 Å². The van der Waals surface area contributed by atoms with Crippen LogP contribution < -0.4 is 5.32 Å². The molecule has 2 heterocycles. The zero-order valence-electron chi connectivity index (χ0n) is 9.07. The SMILES string of the molecule is CC1(NCc2cnccn2)CCCOC1. The van der Waals surface area contributed by atoms with Crippen LogP contribution in [0.15, 0.2) is 18.6 Å². The molecule has 0 amide bonds. The molecule has 0 spiro atoms. The highest BCUT2D eigenvalue weighted by atomic mass is 16.5. The predicted octanol–water partition coefficient (Wildman–Crippen LogP) is 1.14. The van der Waals surface area contributed by atoms with Gasteiger partial charge in [-0.05, 0) is 19.8 Å². The fraction of sp³-hybridized carbons (Fsp3) is 0.636. The van der Waals surface area contributed by atoms with Gasteiger partial charge in [0.15, 0.2) is 0 Å². The quantitative estimate of drug-likeness (QED) is 0.807. The minimum absolute atomic E-state index is 0.0930. The molecule has 1 fully saturated rings. The number of nitrogens with one attached hydrogen (secondary N) is 1. The van der Waals surface area contributed by atoms with E-state index in [0.29, 0.717) is 0 Å². The van der Waals surface area contributed by atoms with Crippen LogP contribution in [0.25, 0.3) is 0 Å². The van der Waals surface area contributed by atoms with Gasteiger partial charge in [-0.3, -0.25) is 9.97 Å². The van der Waals surface area contributed by atoms with Crippen LogP contribution in [0.5, 0.6) is 0 Å². The number of hydrogen-bond acceptors (Lipinski definition) is 4. The Morgan fingerprint density at radius 1 is 1.53 bits per heavy atom. The van der Waals surface area contributed by atoms with Crippen LogP contribution in [-0.4, -0.2) is 28.7 Å². The number of rotatable bonds is 3. The normalized spacial score (nSPS) is 26.5. The first-order valence-corrected chi connectivity index (χ1v) is 5.36. The Hall–Kier alpha value is -1.00. The Morgan fingerprint density at radius 3 is 3.13 bits per heavy atom. The average Bonchev–Trinajstić information content (AvgIpc) is 2.29. The fourth-order valence-corrected chi connectivity index (χ4v) is 1.80. The highest BCUT2D eigenvalue weighted by Crippen LogP contribution is 2.18. The molecule has 1 aromatic heterocycles. The summed E-state index contributed by atoms with van der Waals surface area (Å²) < 4.78 is 5.47. The van der Waals surface area contributed by atoms with Crippen molar-refractivity contribution < 1.29 is 4.74 Å². The standard InChI is InChI=1S/C11H17N3O/c1-11(3-2-6-15-9-11)14-8-10-7-12-4-5-13-10/h4-5,7,14H,2-3,6,8-9H2,1H3. The van der Waals surface area contributed by atoms with E-state index in [2.05, 4.69) is 22.2 Å². The summed E-state index contributed by atoms with van der Waals surface area (Å²) >= 11 is 0. The molecule has 0 saturated carbocycles. The summed E-state index contributed by atoms with van der Waals surface area (Å²) in [6.45, 7) is 4.63. The van der Waals surface area contributed by atoms with E-state index in [1.54, 1.807) is 18.6 Å². The van der Waals surface area contributed by atoms with Gasteiger partial charge in [-0.25, -0.2) is 0 Å². The largest absolute Gasteiger partial charge is 0.380 e. The van der Waals surface area contributed by atoms with Crippen LogP contribution in [0.1, 0.15) is 25.5 Å². The molecule has 1 atom stereocenters. The molecule has 1 aliphatic heterocycles. The lowest BCUT2D eigenvalue weighted by Crippen LogP contribution is -2.48. The van der Waals surface area contributed by atoms with Crippen molar-refractivity contribution in [2.75, 3.05) is 13.2 Å². The molecule has 15 heavy (non-hydrogen) atoms. The molecule has 4 nitrogen and oxygen atoms in total. The molecular weight excluding hydrogens is 190 g/mol. The van der Waals surface area contributed by atoms with Gasteiger partial charge < -0.3 is 10.1 Å². The van der Waals surface area contributed by atoms with Crippen molar-refractivity contribution in [3.63, 3.8) is 0 Å². The molecule has 4 heteroatoms. The second kappa shape index (κ2) is 4.68. The van der Waals surface area contributed by atoms with Crippen LogP contribution in [0.4, 0.5) is 0 Å². The Balaban J connectivity index is 1.87. The maximum atomic E-state index is 5.47. The first-order chi connectivity index (χ1) is 7.29. The van der Waals surface area contributed by atoms with E-state index in [0.717, 1.165) is 38.3 Å². The van der Waals surface area contributed by atoms with E-state index in [4.69, 9.17) is 4.74 Å². The van der Waals surface area contributed by atoms with Gasteiger partial charge in [-0.15, -0.1) is 0 Å². The Morgan fingerprint density at radius 2 is 2.47 bits per heavy atom. The van der Waals surface area contributed by atoms with Crippen LogP contribution in [0.2, 0.25) is 0 Å². The zero-order chi connectivity index (χ0) is 10.6. The van der Waals surface area contributed by atoms with E-state index >= 15 is 0 Å². The minimum atomic E-state index is 0.0930. The predicted molar refractivity (Wildman–Crippen MR) is 57.3 cm³/mol. The van der Waals surface area contributed by atoms with E-state index in [1.165, 1.54) is 0 Å². The molecule has 1 aromatic rings. The molecular formula is C11H17N3O. The first-order valence-electron chi connectivity index (χ1n) is 5.36. The molecule has 1 aliphatic rings. The van der Waals surface area contributed by atoms with Gasteiger partial charge in [0.2, 0.25) is 0 Å². The Labute approximate surface area is 90.1 Å². The van der Waals surface area contributed by atoms with E-state index in [1.807, 2.05) is 0 Å². The van der Waals surface area contributed by atoms with Gasteiger partial charge in [0.25, 0.3) is 0 Å². The molecule has 82 valence electrons. The molecule has 1 saturated heterocycles. The van der Waals surface area contributed by atoms with E-state index < -0.39 is 0 Å². The summed E-state index contributed by atoms with van der Waals surface area (Å²) in [4.78, 5) is 8.27. The lowest BCUT2D eigenvalue weighted by molar-refractivity contribution is 0.0276. The van der Waals surface area contributed by atoms with Crippen molar-refractivity contribution in [1.29, 1.82) is 0 Å². The summed E-state index contributed by atoms with van der Waals surface area (Å²) in [6.07, 6.45) is 7.49. The summed E-state index contributed by atoms with van der Waals surface area (Å²) in [7, 11) is 0. The van der Waals surface area contributed by atoms with Crippen LogP contribution in [0, 0.1) is 0 Å². The third-order valence-electron chi connectivity index (χ3n) is 2.75. The van der Waals surface area contributed by atoms with Crippen molar-refractivity contribution in [3.8, 4) is 0 Å². The molecule has 1 N–H and O–H groups in total. The molecule has 0 radical (unpaired) electrons. The third-order valence-corrected chi connectivity index (χ3v) is 2.75. The monoisotopic (exact) mass is 207 g/mol. The summed E-state index contributed by atoms with van der Waals surface area (Å²) in [6, 6.07) is 0. The summed E-state index contributed by atoms with van der Waals surface area (Å²) in [5.41, 5.74) is 1.07. The molecule has 0 aromatic carbocycles. The van der Waals surface area contributed by atoms with Crippen molar-refractivity contribution in [1.82, 2.24) is 15.3 Å².